The quantitative estimate of drug-likeness (QED) is 0.812. The lowest BCUT2D eigenvalue weighted by Crippen LogP contribution is -2.45. The van der Waals surface area contributed by atoms with E-state index in [0.29, 0.717) is 5.92 Å². The molecule has 118 valence electrons. The molecule has 5 heteroatoms. The maximum atomic E-state index is 12.7. The lowest BCUT2D eigenvalue weighted by atomic mass is 9.67. The Labute approximate surface area is 125 Å². The van der Waals surface area contributed by atoms with Crippen molar-refractivity contribution in [1.29, 1.82) is 0 Å². The number of aliphatic hydroxyl groups excluding tert-OH is 1. The highest BCUT2D eigenvalue weighted by Crippen LogP contribution is 2.43. The highest BCUT2D eigenvalue weighted by molar-refractivity contribution is 5.86. The lowest BCUT2D eigenvalue weighted by molar-refractivity contribution is -0.151. The van der Waals surface area contributed by atoms with Crippen molar-refractivity contribution in [2.75, 3.05) is 6.54 Å². The van der Waals surface area contributed by atoms with Gasteiger partial charge in [0.1, 0.15) is 6.04 Å². The third kappa shape index (κ3) is 2.93. The molecule has 0 aromatic carbocycles. The van der Waals surface area contributed by atoms with E-state index in [1.165, 1.54) is 30.6 Å². The fourth-order valence-electron chi connectivity index (χ4n) is 4.62. The number of β-amino-alcohol motifs (C(OH)–C–C–N with tert-alkyl or cyclic N) is 1. The van der Waals surface area contributed by atoms with Crippen LogP contribution >= 0.6 is 0 Å². The number of carboxylic acid groups (broad SMARTS) is 1. The Morgan fingerprint density at radius 1 is 0.952 bits per heavy atom. The molecule has 1 heterocycles. The second-order valence-corrected chi connectivity index (χ2v) is 7.05. The molecule has 1 amide bonds. The number of carbonyl (C=O) groups excluding carboxylic acids is 1. The number of hydrogen-bond acceptors (Lipinski definition) is 3. The number of carbonyl (C=O) groups is 2. The molecular formula is C16H25NO4. The van der Waals surface area contributed by atoms with Crippen molar-refractivity contribution < 1.29 is 19.8 Å². The summed E-state index contributed by atoms with van der Waals surface area (Å²) in [4.78, 5) is 25.4. The van der Waals surface area contributed by atoms with Gasteiger partial charge in [0.2, 0.25) is 5.91 Å². The number of amides is 1. The van der Waals surface area contributed by atoms with Crippen LogP contribution in [0.2, 0.25) is 0 Å². The third-order valence-electron chi connectivity index (χ3n) is 5.74. The predicted octanol–water partition coefficient (Wildman–Crippen LogP) is 1.64. The third-order valence-corrected chi connectivity index (χ3v) is 5.74. The van der Waals surface area contributed by atoms with E-state index in [2.05, 4.69) is 0 Å². The molecule has 2 N–H and O–H groups in total. The van der Waals surface area contributed by atoms with Gasteiger partial charge in [-0.3, -0.25) is 4.79 Å². The molecule has 2 aliphatic carbocycles. The molecule has 0 radical (unpaired) electrons. The molecule has 3 rings (SSSR count). The number of carboxylic acids is 1. The summed E-state index contributed by atoms with van der Waals surface area (Å²) in [6, 6.07) is -0.837. The molecule has 0 spiro atoms. The van der Waals surface area contributed by atoms with Gasteiger partial charge < -0.3 is 15.1 Å². The Hall–Kier alpha value is -1.10. The van der Waals surface area contributed by atoms with Gasteiger partial charge in [-0.05, 0) is 31.1 Å². The Morgan fingerprint density at radius 3 is 2.38 bits per heavy atom. The topological polar surface area (TPSA) is 77.8 Å². The minimum Gasteiger partial charge on any atom is -0.480 e. The Bertz CT molecular complexity index is 425. The predicted molar refractivity (Wildman–Crippen MR) is 76.5 cm³/mol. The van der Waals surface area contributed by atoms with E-state index in [1.54, 1.807) is 0 Å². The van der Waals surface area contributed by atoms with Gasteiger partial charge in [-0.1, -0.05) is 25.7 Å². The van der Waals surface area contributed by atoms with Crippen molar-refractivity contribution in [3.8, 4) is 0 Å². The molecule has 1 aliphatic heterocycles. The van der Waals surface area contributed by atoms with E-state index >= 15 is 0 Å². The molecule has 5 atom stereocenters. The number of hydrogen-bond donors (Lipinski definition) is 2. The van der Waals surface area contributed by atoms with Crippen LogP contribution in [0.5, 0.6) is 0 Å². The molecule has 5 nitrogen and oxygen atoms in total. The number of fused-ring (bicyclic) bond motifs is 1. The molecular weight excluding hydrogens is 270 g/mol. The van der Waals surface area contributed by atoms with Crippen LogP contribution in [-0.2, 0) is 9.59 Å². The fourth-order valence-corrected chi connectivity index (χ4v) is 4.62. The zero-order chi connectivity index (χ0) is 15.0. The lowest BCUT2D eigenvalue weighted by Gasteiger charge is -2.40. The van der Waals surface area contributed by atoms with E-state index in [9.17, 15) is 19.8 Å². The molecule has 3 unspecified atom stereocenters. The first-order valence-electron chi connectivity index (χ1n) is 8.27. The number of nitrogens with zero attached hydrogens (tertiary/aromatic N) is 1. The van der Waals surface area contributed by atoms with E-state index in [0.717, 1.165) is 25.2 Å². The van der Waals surface area contributed by atoms with Crippen molar-refractivity contribution in [3.63, 3.8) is 0 Å². The SMILES string of the molecule is O=C(O)[C@@H]1C[C@@H](O)CN1C(=O)C1CCC2CCCCC2C1. The first kappa shape index (κ1) is 14.8. The van der Waals surface area contributed by atoms with Gasteiger partial charge in [-0.25, -0.2) is 4.79 Å². The first-order chi connectivity index (χ1) is 10.1. The average molecular weight is 295 g/mol. The maximum Gasteiger partial charge on any atom is 0.326 e. The molecule has 21 heavy (non-hydrogen) atoms. The summed E-state index contributed by atoms with van der Waals surface area (Å²) in [5.41, 5.74) is 0. The van der Waals surface area contributed by atoms with Gasteiger partial charge >= 0.3 is 5.97 Å². The summed E-state index contributed by atoms with van der Waals surface area (Å²) in [6.07, 6.45) is 7.49. The summed E-state index contributed by atoms with van der Waals surface area (Å²) >= 11 is 0. The second-order valence-electron chi connectivity index (χ2n) is 7.05. The minimum atomic E-state index is -0.994. The van der Waals surface area contributed by atoms with Crippen LogP contribution in [0.1, 0.15) is 51.4 Å². The average Bonchev–Trinajstić information content (AvgIpc) is 2.88. The summed E-state index contributed by atoms with van der Waals surface area (Å²) in [5, 5.41) is 18.9. The summed E-state index contributed by atoms with van der Waals surface area (Å²) in [7, 11) is 0. The molecule has 0 bridgehead atoms. The number of likely N-dealkylation sites (tertiary alicyclic amines) is 1. The van der Waals surface area contributed by atoms with E-state index in [1.807, 2.05) is 0 Å². The zero-order valence-electron chi connectivity index (χ0n) is 12.4. The van der Waals surface area contributed by atoms with Gasteiger partial charge in [0.15, 0.2) is 0 Å². The van der Waals surface area contributed by atoms with Crippen molar-refractivity contribution >= 4 is 11.9 Å². The molecule has 1 saturated heterocycles. The van der Waals surface area contributed by atoms with Gasteiger partial charge in [-0.15, -0.1) is 0 Å². The summed E-state index contributed by atoms with van der Waals surface area (Å²) in [5.74, 6) is 0.366. The smallest absolute Gasteiger partial charge is 0.326 e. The first-order valence-corrected chi connectivity index (χ1v) is 8.27. The van der Waals surface area contributed by atoms with Crippen LogP contribution < -0.4 is 0 Å². The normalized spacial score (nSPS) is 39.9. The van der Waals surface area contributed by atoms with Crippen molar-refractivity contribution in [2.24, 2.45) is 17.8 Å². The molecule has 0 aromatic rings. The highest BCUT2D eigenvalue weighted by Gasteiger charge is 2.43. The van der Waals surface area contributed by atoms with E-state index < -0.39 is 18.1 Å². The Balaban J connectivity index is 1.66. The Kier molecular flexibility index (Phi) is 4.20. The number of aliphatic carboxylic acids is 1. The minimum absolute atomic E-state index is 0.0310. The van der Waals surface area contributed by atoms with Gasteiger partial charge in [0.05, 0.1) is 6.10 Å². The van der Waals surface area contributed by atoms with Crippen molar-refractivity contribution in [3.05, 3.63) is 0 Å². The fraction of sp³-hybridized carbons (Fsp3) is 0.875. The largest absolute Gasteiger partial charge is 0.480 e. The molecule has 2 saturated carbocycles. The van der Waals surface area contributed by atoms with Crippen LogP contribution in [-0.4, -0.2) is 45.7 Å². The standard InChI is InChI=1S/C16H25NO4/c18-13-8-14(16(20)21)17(9-13)15(19)12-6-5-10-3-1-2-4-11(10)7-12/h10-14,18H,1-9H2,(H,20,21)/t10?,11?,12?,13-,14+/m1/s1. The van der Waals surface area contributed by atoms with Gasteiger partial charge in [0.25, 0.3) is 0 Å². The monoisotopic (exact) mass is 295 g/mol. The van der Waals surface area contributed by atoms with Crippen LogP contribution in [0.25, 0.3) is 0 Å². The van der Waals surface area contributed by atoms with Crippen LogP contribution in [0.3, 0.4) is 0 Å². The van der Waals surface area contributed by atoms with Crippen LogP contribution in [0.15, 0.2) is 0 Å². The van der Waals surface area contributed by atoms with Crippen molar-refractivity contribution in [2.45, 2.75) is 63.5 Å². The highest BCUT2D eigenvalue weighted by atomic mass is 16.4. The molecule has 0 aromatic heterocycles. The molecule has 3 fully saturated rings. The molecule has 3 aliphatic rings. The number of rotatable bonds is 2. The summed E-state index contributed by atoms with van der Waals surface area (Å²) in [6.45, 7) is 0.181. The van der Waals surface area contributed by atoms with Crippen LogP contribution in [0, 0.1) is 17.8 Å². The van der Waals surface area contributed by atoms with Crippen LogP contribution in [0.4, 0.5) is 0 Å². The number of aliphatic hydroxyl groups is 1. The van der Waals surface area contributed by atoms with Gasteiger partial charge in [0, 0.05) is 18.9 Å². The zero-order valence-corrected chi connectivity index (χ0v) is 12.4. The maximum absolute atomic E-state index is 12.7. The van der Waals surface area contributed by atoms with Crippen molar-refractivity contribution in [1.82, 2.24) is 4.90 Å². The van der Waals surface area contributed by atoms with Gasteiger partial charge in [-0.2, -0.15) is 0 Å². The summed E-state index contributed by atoms with van der Waals surface area (Å²) < 4.78 is 0. The van der Waals surface area contributed by atoms with E-state index in [4.69, 9.17) is 0 Å². The van der Waals surface area contributed by atoms with E-state index in [-0.39, 0.29) is 24.8 Å². The second kappa shape index (κ2) is 5.95. The Morgan fingerprint density at radius 2 is 1.67 bits per heavy atom.